The van der Waals surface area contributed by atoms with Gasteiger partial charge in [-0.2, -0.15) is 0 Å². The highest BCUT2D eigenvalue weighted by Crippen LogP contribution is 2.23. The van der Waals surface area contributed by atoms with Crippen LogP contribution in [0.3, 0.4) is 0 Å². The summed E-state index contributed by atoms with van der Waals surface area (Å²) >= 11 is 0. The van der Waals surface area contributed by atoms with Gasteiger partial charge in [-0.25, -0.2) is 8.42 Å². The lowest BCUT2D eigenvalue weighted by Gasteiger charge is -2.27. The minimum atomic E-state index is -3.31. The van der Waals surface area contributed by atoms with Gasteiger partial charge in [-0.1, -0.05) is 25.7 Å². The fourth-order valence-electron chi connectivity index (χ4n) is 3.06. The highest BCUT2D eigenvalue weighted by atomic mass is 32.2. The number of benzene rings is 1. The minimum Gasteiger partial charge on any atom is -0.481 e. The van der Waals surface area contributed by atoms with Gasteiger partial charge in [0.25, 0.3) is 5.91 Å². The summed E-state index contributed by atoms with van der Waals surface area (Å²) in [6, 6.07) is 5.27. The van der Waals surface area contributed by atoms with Crippen molar-refractivity contribution in [1.82, 2.24) is 5.32 Å². The van der Waals surface area contributed by atoms with Crippen LogP contribution in [0.1, 0.15) is 48.9 Å². The summed E-state index contributed by atoms with van der Waals surface area (Å²) < 4.78 is 22.9. The molecule has 0 bridgehead atoms. The van der Waals surface area contributed by atoms with Gasteiger partial charge in [0, 0.05) is 17.9 Å². The minimum absolute atomic E-state index is 0.147. The molecule has 1 aromatic carbocycles. The van der Waals surface area contributed by atoms with E-state index in [4.69, 9.17) is 0 Å². The molecule has 0 heterocycles. The van der Waals surface area contributed by atoms with Crippen molar-refractivity contribution in [2.75, 3.05) is 6.26 Å². The monoisotopic (exact) mass is 353 g/mol. The summed E-state index contributed by atoms with van der Waals surface area (Å²) in [7, 11) is -3.31. The van der Waals surface area contributed by atoms with Crippen molar-refractivity contribution in [2.45, 2.75) is 49.5 Å². The molecule has 24 heavy (non-hydrogen) atoms. The van der Waals surface area contributed by atoms with Gasteiger partial charge in [0.2, 0.25) is 0 Å². The fourth-order valence-corrected chi connectivity index (χ4v) is 3.69. The Labute approximate surface area is 142 Å². The van der Waals surface area contributed by atoms with Crippen LogP contribution in [0.5, 0.6) is 0 Å². The second-order valence-electron chi connectivity index (χ2n) is 6.31. The van der Waals surface area contributed by atoms with Crippen LogP contribution in [0.4, 0.5) is 0 Å². The van der Waals surface area contributed by atoms with Gasteiger partial charge in [0.15, 0.2) is 9.84 Å². The number of carboxylic acid groups (broad SMARTS) is 1. The number of rotatable bonds is 4. The number of hydrogen-bond acceptors (Lipinski definition) is 4. The normalized spacial score (nSPS) is 22.2. The molecule has 1 aromatic rings. The van der Waals surface area contributed by atoms with E-state index in [0.717, 1.165) is 31.9 Å². The average Bonchev–Trinajstić information content (AvgIpc) is 2.49. The van der Waals surface area contributed by atoms with Crippen LogP contribution in [0, 0.1) is 5.92 Å². The van der Waals surface area contributed by atoms with E-state index in [1.54, 1.807) is 0 Å². The van der Waals surface area contributed by atoms with Crippen molar-refractivity contribution in [3.8, 4) is 0 Å². The number of nitrogens with one attached hydrogen (secondary N) is 1. The molecule has 0 saturated heterocycles. The van der Waals surface area contributed by atoms with Gasteiger partial charge < -0.3 is 10.4 Å². The number of hydrogen-bond donors (Lipinski definition) is 2. The fraction of sp³-hybridized carbons (Fsp3) is 0.529. The number of carboxylic acids is 1. The molecule has 2 N–H and O–H groups in total. The van der Waals surface area contributed by atoms with Gasteiger partial charge in [0.05, 0.1) is 10.8 Å². The van der Waals surface area contributed by atoms with Crippen molar-refractivity contribution >= 4 is 21.7 Å². The zero-order valence-corrected chi connectivity index (χ0v) is 14.5. The number of amides is 1. The van der Waals surface area contributed by atoms with Crippen LogP contribution in [0.2, 0.25) is 0 Å². The first-order valence-electron chi connectivity index (χ1n) is 8.13. The number of sulfone groups is 1. The van der Waals surface area contributed by atoms with Crippen molar-refractivity contribution in [3.05, 3.63) is 29.8 Å². The van der Waals surface area contributed by atoms with Gasteiger partial charge in [0.1, 0.15) is 0 Å². The lowest BCUT2D eigenvalue weighted by atomic mass is 9.86. The molecule has 0 radical (unpaired) electrons. The maximum absolute atomic E-state index is 12.4. The second-order valence-corrected chi connectivity index (χ2v) is 8.33. The van der Waals surface area contributed by atoms with Crippen LogP contribution in [0.25, 0.3) is 0 Å². The van der Waals surface area contributed by atoms with Crippen molar-refractivity contribution in [1.29, 1.82) is 0 Å². The van der Waals surface area contributed by atoms with E-state index >= 15 is 0 Å². The Hall–Kier alpha value is -1.89. The summed E-state index contributed by atoms with van der Waals surface area (Å²) in [5.41, 5.74) is 0.327. The van der Waals surface area contributed by atoms with Gasteiger partial charge in [-0.15, -0.1) is 0 Å². The maximum Gasteiger partial charge on any atom is 0.308 e. The van der Waals surface area contributed by atoms with Crippen molar-refractivity contribution in [3.63, 3.8) is 0 Å². The van der Waals surface area contributed by atoms with E-state index in [0.29, 0.717) is 18.4 Å². The summed E-state index contributed by atoms with van der Waals surface area (Å²) in [4.78, 5) is 24.0. The summed E-state index contributed by atoms with van der Waals surface area (Å²) in [5, 5.41) is 12.2. The summed E-state index contributed by atoms with van der Waals surface area (Å²) in [6.07, 6.45) is 6.12. The Balaban J connectivity index is 2.12. The lowest BCUT2D eigenvalue weighted by molar-refractivity contribution is -0.143. The Kier molecular flexibility index (Phi) is 5.99. The quantitative estimate of drug-likeness (QED) is 0.864. The second kappa shape index (κ2) is 7.79. The predicted molar refractivity (Wildman–Crippen MR) is 89.6 cm³/mol. The third kappa shape index (κ3) is 4.80. The standard InChI is InChI=1S/C17H23NO5S/c1-24(22,23)13-10-8-12(9-11-13)16(19)18-15-7-5-3-2-4-6-14(15)17(20)21/h8-11,14-15H,2-7H2,1H3,(H,18,19)(H,20,21). The maximum atomic E-state index is 12.4. The molecule has 7 heteroatoms. The van der Waals surface area contributed by atoms with E-state index in [1.165, 1.54) is 24.3 Å². The summed E-state index contributed by atoms with van der Waals surface area (Å²) in [6.45, 7) is 0. The Morgan fingerprint density at radius 2 is 1.62 bits per heavy atom. The first kappa shape index (κ1) is 18.4. The number of carbonyl (C=O) groups is 2. The third-order valence-corrected chi connectivity index (χ3v) is 5.57. The molecule has 2 rings (SSSR count). The molecule has 1 aliphatic carbocycles. The SMILES string of the molecule is CS(=O)(=O)c1ccc(C(=O)NC2CCCCCCC2C(=O)O)cc1. The van der Waals surface area contributed by atoms with Crippen LogP contribution in [-0.4, -0.2) is 37.7 Å². The molecule has 1 amide bonds. The Morgan fingerprint density at radius 1 is 1.04 bits per heavy atom. The van der Waals surface area contributed by atoms with Crippen molar-refractivity contribution < 1.29 is 23.1 Å². The third-order valence-electron chi connectivity index (χ3n) is 4.44. The molecular weight excluding hydrogens is 330 g/mol. The molecule has 132 valence electrons. The Morgan fingerprint density at radius 3 is 2.17 bits per heavy atom. The molecule has 1 saturated carbocycles. The Bertz CT molecular complexity index is 696. The number of carbonyl (C=O) groups excluding carboxylic acids is 1. The van der Waals surface area contributed by atoms with Crippen LogP contribution in [-0.2, 0) is 14.6 Å². The van der Waals surface area contributed by atoms with Gasteiger partial charge in [-0.05, 0) is 37.1 Å². The van der Waals surface area contributed by atoms with Crippen LogP contribution < -0.4 is 5.32 Å². The average molecular weight is 353 g/mol. The zero-order chi connectivity index (χ0) is 17.7. The predicted octanol–water partition coefficient (Wildman–Crippen LogP) is 2.24. The molecule has 2 unspecified atom stereocenters. The van der Waals surface area contributed by atoms with Gasteiger partial charge in [-0.3, -0.25) is 9.59 Å². The van der Waals surface area contributed by atoms with Crippen LogP contribution in [0.15, 0.2) is 29.2 Å². The van der Waals surface area contributed by atoms with E-state index in [9.17, 15) is 23.1 Å². The largest absolute Gasteiger partial charge is 0.481 e. The molecule has 0 spiro atoms. The van der Waals surface area contributed by atoms with Crippen LogP contribution >= 0.6 is 0 Å². The molecule has 1 aliphatic rings. The summed E-state index contributed by atoms with van der Waals surface area (Å²) in [5.74, 6) is -1.83. The van der Waals surface area contributed by atoms with E-state index in [2.05, 4.69) is 5.32 Å². The molecule has 1 fully saturated rings. The molecule has 2 atom stereocenters. The molecule has 6 nitrogen and oxygen atoms in total. The van der Waals surface area contributed by atoms with Gasteiger partial charge >= 0.3 is 5.97 Å². The zero-order valence-electron chi connectivity index (χ0n) is 13.7. The van der Waals surface area contributed by atoms with E-state index in [-0.39, 0.29) is 10.8 Å². The molecule has 0 aliphatic heterocycles. The smallest absolute Gasteiger partial charge is 0.308 e. The number of aliphatic carboxylic acids is 1. The first-order chi connectivity index (χ1) is 11.3. The molecule has 0 aromatic heterocycles. The highest BCUT2D eigenvalue weighted by molar-refractivity contribution is 7.90. The molecular formula is C17H23NO5S. The first-order valence-corrected chi connectivity index (χ1v) is 10.0. The van der Waals surface area contributed by atoms with E-state index in [1.807, 2.05) is 0 Å². The lowest BCUT2D eigenvalue weighted by Crippen LogP contribution is -2.43. The topological polar surface area (TPSA) is 101 Å². The highest BCUT2D eigenvalue weighted by Gasteiger charge is 2.30. The van der Waals surface area contributed by atoms with E-state index < -0.39 is 27.8 Å². The van der Waals surface area contributed by atoms with Crippen molar-refractivity contribution in [2.24, 2.45) is 5.92 Å².